The fourth-order valence-corrected chi connectivity index (χ4v) is 2.75. The van der Waals surface area contributed by atoms with Crippen LogP contribution in [0.1, 0.15) is 12.0 Å². The SMILES string of the molecule is Cc1cc(N2CCCNc3ccccc32)ccc1Br. The van der Waals surface area contributed by atoms with Crippen LogP contribution < -0.4 is 10.2 Å². The topological polar surface area (TPSA) is 15.3 Å². The van der Waals surface area contributed by atoms with Gasteiger partial charge in [-0.3, -0.25) is 0 Å². The molecule has 1 heterocycles. The largest absolute Gasteiger partial charge is 0.383 e. The Morgan fingerprint density at radius 2 is 2.00 bits per heavy atom. The van der Waals surface area contributed by atoms with Crippen molar-refractivity contribution in [1.29, 1.82) is 0 Å². The second-order valence-corrected chi connectivity index (χ2v) is 5.74. The molecule has 0 aromatic heterocycles. The third-order valence-corrected chi connectivity index (χ3v) is 4.41. The van der Waals surface area contributed by atoms with Crippen molar-refractivity contribution >= 4 is 33.0 Å². The molecule has 98 valence electrons. The smallest absolute Gasteiger partial charge is 0.0646 e. The third-order valence-electron chi connectivity index (χ3n) is 3.52. The highest BCUT2D eigenvalue weighted by Gasteiger charge is 2.16. The standard InChI is InChI=1S/C16H17BrN2/c1-12-11-13(7-8-14(12)17)19-10-4-9-18-15-5-2-3-6-16(15)19/h2-3,5-8,11,18H,4,9-10H2,1H3. The number of hydrogen-bond donors (Lipinski definition) is 1. The van der Waals surface area contributed by atoms with E-state index in [0.717, 1.165) is 24.0 Å². The molecule has 3 rings (SSSR count). The number of halogens is 1. The van der Waals surface area contributed by atoms with Gasteiger partial charge in [-0.25, -0.2) is 0 Å². The second-order valence-electron chi connectivity index (χ2n) is 4.88. The molecule has 0 aliphatic carbocycles. The van der Waals surface area contributed by atoms with E-state index in [1.165, 1.54) is 22.6 Å². The summed E-state index contributed by atoms with van der Waals surface area (Å²) in [6, 6.07) is 15.1. The average Bonchev–Trinajstić information content (AvgIpc) is 2.64. The molecular formula is C16H17BrN2. The van der Waals surface area contributed by atoms with Crippen LogP contribution in [0, 0.1) is 6.92 Å². The van der Waals surface area contributed by atoms with E-state index >= 15 is 0 Å². The van der Waals surface area contributed by atoms with Gasteiger partial charge in [0.2, 0.25) is 0 Å². The van der Waals surface area contributed by atoms with Crippen LogP contribution in [0.5, 0.6) is 0 Å². The van der Waals surface area contributed by atoms with E-state index in [1.807, 2.05) is 0 Å². The van der Waals surface area contributed by atoms with Gasteiger partial charge in [0.15, 0.2) is 0 Å². The van der Waals surface area contributed by atoms with E-state index in [1.54, 1.807) is 0 Å². The maximum absolute atomic E-state index is 3.57. The predicted octanol–water partition coefficient (Wildman–Crippen LogP) is 4.71. The summed E-state index contributed by atoms with van der Waals surface area (Å²) in [5.41, 5.74) is 5.02. The van der Waals surface area contributed by atoms with Crippen molar-refractivity contribution in [1.82, 2.24) is 0 Å². The minimum Gasteiger partial charge on any atom is -0.383 e. The van der Waals surface area contributed by atoms with Crippen molar-refractivity contribution < 1.29 is 0 Å². The monoisotopic (exact) mass is 316 g/mol. The van der Waals surface area contributed by atoms with Gasteiger partial charge in [-0.2, -0.15) is 0 Å². The summed E-state index contributed by atoms with van der Waals surface area (Å²) in [5.74, 6) is 0. The first-order valence-corrected chi connectivity index (χ1v) is 7.41. The van der Waals surface area contributed by atoms with Crippen LogP contribution >= 0.6 is 15.9 Å². The lowest BCUT2D eigenvalue weighted by Gasteiger charge is -2.25. The summed E-state index contributed by atoms with van der Waals surface area (Å²) in [6.45, 7) is 4.21. The summed E-state index contributed by atoms with van der Waals surface area (Å²) < 4.78 is 1.16. The van der Waals surface area contributed by atoms with Crippen molar-refractivity contribution in [2.75, 3.05) is 23.3 Å². The van der Waals surface area contributed by atoms with Crippen molar-refractivity contribution in [3.63, 3.8) is 0 Å². The number of para-hydroxylation sites is 2. The van der Waals surface area contributed by atoms with Crippen LogP contribution in [0.3, 0.4) is 0 Å². The molecular weight excluding hydrogens is 300 g/mol. The molecule has 1 aliphatic rings. The van der Waals surface area contributed by atoms with Gasteiger partial charge in [0, 0.05) is 23.2 Å². The normalized spacial score (nSPS) is 14.5. The summed E-state index contributed by atoms with van der Waals surface area (Å²) in [6.07, 6.45) is 1.14. The fraction of sp³-hybridized carbons (Fsp3) is 0.250. The number of hydrogen-bond acceptors (Lipinski definition) is 2. The maximum atomic E-state index is 3.57. The second kappa shape index (κ2) is 5.25. The molecule has 0 amide bonds. The van der Waals surface area contributed by atoms with Crippen molar-refractivity contribution in [2.45, 2.75) is 13.3 Å². The zero-order valence-electron chi connectivity index (χ0n) is 11.0. The first kappa shape index (κ1) is 12.5. The Morgan fingerprint density at radius 3 is 2.84 bits per heavy atom. The molecule has 1 N–H and O–H groups in total. The van der Waals surface area contributed by atoms with Crippen LogP contribution in [0.15, 0.2) is 46.9 Å². The quantitative estimate of drug-likeness (QED) is 0.819. The Morgan fingerprint density at radius 1 is 1.16 bits per heavy atom. The summed E-state index contributed by atoms with van der Waals surface area (Å²) in [7, 11) is 0. The molecule has 19 heavy (non-hydrogen) atoms. The zero-order chi connectivity index (χ0) is 13.2. The van der Waals surface area contributed by atoms with Gasteiger partial charge in [0.25, 0.3) is 0 Å². The zero-order valence-corrected chi connectivity index (χ0v) is 12.6. The fourth-order valence-electron chi connectivity index (χ4n) is 2.50. The average molecular weight is 317 g/mol. The van der Waals surface area contributed by atoms with Crippen molar-refractivity contribution in [3.05, 3.63) is 52.5 Å². The molecule has 0 radical (unpaired) electrons. The van der Waals surface area contributed by atoms with E-state index < -0.39 is 0 Å². The lowest BCUT2D eigenvalue weighted by molar-refractivity contribution is 0.863. The lowest BCUT2D eigenvalue weighted by Crippen LogP contribution is -2.17. The first-order chi connectivity index (χ1) is 9.25. The molecule has 2 nitrogen and oxygen atoms in total. The van der Waals surface area contributed by atoms with Gasteiger partial charge in [-0.1, -0.05) is 28.1 Å². The van der Waals surface area contributed by atoms with E-state index in [4.69, 9.17) is 0 Å². The van der Waals surface area contributed by atoms with E-state index in [-0.39, 0.29) is 0 Å². The highest BCUT2D eigenvalue weighted by atomic mass is 79.9. The van der Waals surface area contributed by atoms with Crippen molar-refractivity contribution in [3.8, 4) is 0 Å². The van der Waals surface area contributed by atoms with Gasteiger partial charge < -0.3 is 10.2 Å². The Labute approximate surface area is 122 Å². The molecule has 0 fully saturated rings. The molecule has 0 atom stereocenters. The van der Waals surface area contributed by atoms with Gasteiger partial charge in [-0.15, -0.1) is 0 Å². The minimum atomic E-state index is 1.03. The molecule has 1 aliphatic heterocycles. The van der Waals surface area contributed by atoms with E-state index in [9.17, 15) is 0 Å². The number of anilines is 3. The molecule has 0 saturated carbocycles. The van der Waals surface area contributed by atoms with E-state index in [2.05, 4.69) is 75.5 Å². The molecule has 2 aromatic rings. The summed E-state index contributed by atoms with van der Waals surface area (Å²) >= 11 is 3.57. The van der Waals surface area contributed by atoms with Crippen LogP contribution in [0.25, 0.3) is 0 Å². The van der Waals surface area contributed by atoms with Gasteiger partial charge in [0.05, 0.1) is 11.4 Å². The van der Waals surface area contributed by atoms with Crippen molar-refractivity contribution in [2.24, 2.45) is 0 Å². The van der Waals surface area contributed by atoms with Gasteiger partial charge >= 0.3 is 0 Å². The van der Waals surface area contributed by atoms with Crippen LogP contribution in [0.4, 0.5) is 17.1 Å². The van der Waals surface area contributed by atoms with Gasteiger partial charge in [0.1, 0.15) is 0 Å². The molecule has 2 aromatic carbocycles. The maximum Gasteiger partial charge on any atom is 0.0646 e. The molecule has 0 unspecified atom stereocenters. The summed E-state index contributed by atoms with van der Waals surface area (Å²) in [4.78, 5) is 2.40. The van der Waals surface area contributed by atoms with Crippen LogP contribution in [-0.4, -0.2) is 13.1 Å². The molecule has 0 spiro atoms. The van der Waals surface area contributed by atoms with Crippen LogP contribution in [-0.2, 0) is 0 Å². The Kier molecular flexibility index (Phi) is 3.47. The molecule has 0 bridgehead atoms. The highest BCUT2D eigenvalue weighted by Crippen LogP contribution is 2.35. The Bertz CT molecular complexity index is 595. The number of nitrogens with zero attached hydrogens (tertiary/aromatic N) is 1. The Hall–Kier alpha value is -1.48. The number of rotatable bonds is 1. The number of fused-ring (bicyclic) bond motifs is 1. The number of nitrogens with one attached hydrogen (secondary N) is 1. The van der Waals surface area contributed by atoms with E-state index in [0.29, 0.717) is 0 Å². The number of aryl methyl sites for hydroxylation is 1. The molecule has 3 heteroatoms. The van der Waals surface area contributed by atoms with Gasteiger partial charge in [-0.05, 0) is 49.2 Å². The summed E-state index contributed by atoms with van der Waals surface area (Å²) in [5, 5.41) is 3.50. The Balaban J connectivity index is 2.06. The predicted molar refractivity (Wildman–Crippen MR) is 85.4 cm³/mol. The highest BCUT2D eigenvalue weighted by molar-refractivity contribution is 9.10. The van der Waals surface area contributed by atoms with Crippen LogP contribution in [0.2, 0.25) is 0 Å². The number of benzene rings is 2. The third kappa shape index (κ3) is 2.47. The molecule has 0 saturated heterocycles. The first-order valence-electron chi connectivity index (χ1n) is 6.62. The lowest BCUT2D eigenvalue weighted by atomic mass is 10.1. The minimum absolute atomic E-state index is 1.03.